The maximum Gasteiger partial charge on any atom is 0.295 e. The monoisotopic (exact) mass is 273 g/mol. The third-order valence-corrected chi connectivity index (χ3v) is 3.28. The van der Waals surface area contributed by atoms with E-state index in [9.17, 15) is 10.1 Å². The van der Waals surface area contributed by atoms with E-state index >= 15 is 0 Å². The van der Waals surface area contributed by atoms with Gasteiger partial charge in [0.05, 0.1) is 4.92 Å². The number of aromatic nitrogens is 1. The molecule has 104 valence electrons. The second-order valence-corrected chi connectivity index (χ2v) is 4.82. The standard InChI is InChI=1S/C14H15N3O3/c18-17(19)12-5-6-13(11-2-1-7-16-14(11)12)20-9-8-15-10-3-4-10/h1-2,5-7,10,15H,3-4,8-9H2. The summed E-state index contributed by atoms with van der Waals surface area (Å²) in [6.45, 7) is 1.32. The number of non-ortho nitro benzene ring substituents is 1. The maximum atomic E-state index is 11.0. The molecule has 3 rings (SSSR count). The van der Waals surface area contributed by atoms with Gasteiger partial charge in [-0.25, -0.2) is 4.98 Å². The molecule has 1 N–H and O–H groups in total. The van der Waals surface area contributed by atoms with Crippen LogP contribution in [0.3, 0.4) is 0 Å². The average Bonchev–Trinajstić information content (AvgIpc) is 3.27. The van der Waals surface area contributed by atoms with Gasteiger partial charge in [-0.2, -0.15) is 0 Å². The number of nitro groups is 1. The second-order valence-electron chi connectivity index (χ2n) is 4.82. The van der Waals surface area contributed by atoms with Gasteiger partial charge in [-0.1, -0.05) is 0 Å². The largest absolute Gasteiger partial charge is 0.492 e. The Kier molecular flexibility index (Phi) is 3.47. The lowest BCUT2D eigenvalue weighted by atomic mass is 10.1. The zero-order valence-corrected chi connectivity index (χ0v) is 10.9. The van der Waals surface area contributed by atoms with Crippen LogP contribution < -0.4 is 10.1 Å². The Bertz CT molecular complexity index is 641. The molecule has 1 aliphatic rings. The van der Waals surface area contributed by atoms with Crippen LogP contribution in [-0.2, 0) is 0 Å². The van der Waals surface area contributed by atoms with Gasteiger partial charge in [0.15, 0.2) is 5.52 Å². The molecule has 1 saturated carbocycles. The predicted molar refractivity (Wildman–Crippen MR) is 74.9 cm³/mol. The van der Waals surface area contributed by atoms with Crippen molar-refractivity contribution in [3.05, 3.63) is 40.6 Å². The van der Waals surface area contributed by atoms with E-state index in [0.29, 0.717) is 29.3 Å². The average molecular weight is 273 g/mol. The molecule has 20 heavy (non-hydrogen) atoms. The van der Waals surface area contributed by atoms with E-state index in [1.54, 1.807) is 24.4 Å². The van der Waals surface area contributed by atoms with Crippen molar-refractivity contribution in [1.29, 1.82) is 0 Å². The lowest BCUT2D eigenvalue weighted by molar-refractivity contribution is -0.383. The normalized spacial score (nSPS) is 14.4. The van der Waals surface area contributed by atoms with Crippen molar-refractivity contribution in [3.8, 4) is 5.75 Å². The molecule has 0 bridgehead atoms. The van der Waals surface area contributed by atoms with Crippen molar-refractivity contribution in [3.63, 3.8) is 0 Å². The van der Waals surface area contributed by atoms with E-state index in [4.69, 9.17) is 4.74 Å². The highest BCUT2D eigenvalue weighted by Gasteiger charge is 2.20. The third-order valence-electron chi connectivity index (χ3n) is 3.28. The Morgan fingerprint density at radius 2 is 2.25 bits per heavy atom. The van der Waals surface area contributed by atoms with Crippen molar-refractivity contribution in [1.82, 2.24) is 10.3 Å². The number of rotatable bonds is 6. The third kappa shape index (κ3) is 2.70. The van der Waals surface area contributed by atoms with Crippen LogP contribution >= 0.6 is 0 Å². The Morgan fingerprint density at radius 3 is 3.00 bits per heavy atom. The molecule has 2 aromatic rings. The van der Waals surface area contributed by atoms with Crippen LogP contribution in [0.4, 0.5) is 5.69 Å². The van der Waals surface area contributed by atoms with Crippen molar-refractivity contribution < 1.29 is 9.66 Å². The summed E-state index contributed by atoms with van der Waals surface area (Å²) < 4.78 is 5.71. The number of fused-ring (bicyclic) bond motifs is 1. The van der Waals surface area contributed by atoms with Gasteiger partial charge >= 0.3 is 0 Å². The van der Waals surface area contributed by atoms with Crippen molar-refractivity contribution in [2.75, 3.05) is 13.2 Å². The first-order chi connectivity index (χ1) is 9.75. The number of pyridine rings is 1. The molecule has 1 heterocycles. The van der Waals surface area contributed by atoms with E-state index in [1.807, 2.05) is 0 Å². The van der Waals surface area contributed by atoms with Gasteiger partial charge in [-0.15, -0.1) is 0 Å². The van der Waals surface area contributed by atoms with E-state index < -0.39 is 4.92 Å². The van der Waals surface area contributed by atoms with E-state index in [2.05, 4.69) is 10.3 Å². The predicted octanol–water partition coefficient (Wildman–Crippen LogP) is 2.27. The van der Waals surface area contributed by atoms with Crippen molar-refractivity contribution in [2.24, 2.45) is 0 Å². The van der Waals surface area contributed by atoms with Gasteiger partial charge in [0.2, 0.25) is 0 Å². The number of ether oxygens (including phenoxy) is 1. The minimum absolute atomic E-state index is 0.00376. The van der Waals surface area contributed by atoms with E-state index in [-0.39, 0.29) is 5.69 Å². The molecule has 1 aromatic heterocycles. The van der Waals surface area contributed by atoms with Gasteiger partial charge in [-0.3, -0.25) is 10.1 Å². The van der Waals surface area contributed by atoms with E-state index in [1.165, 1.54) is 18.9 Å². The molecule has 0 unspecified atom stereocenters. The van der Waals surface area contributed by atoms with Crippen molar-refractivity contribution in [2.45, 2.75) is 18.9 Å². The lowest BCUT2D eigenvalue weighted by Crippen LogP contribution is -2.22. The molecule has 6 nitrogen and oxygen atoms in total. The summed E-state index contributed by atoms with van der Waals surface area (Å²) in [7, 11) is 0. The number of nitrogens with one attached hydrogen (secondary N) is 1. The summed E-state index contributed by atoms with van der Waals surface area (Å²) in [6.07, 6.45) is 4.03. The molecular weight excluding hydrogens is 258 g/mol. The lowest BCUT2D eigenvalue weighted by Gasteiger charge is -2.09. The van der Waals surface area contributed by atoms with Gasteiger partial charge in [0.1, 0.15) is 12.4 Å². The molecule has 1 aromatic carbocycles. The van der Waals surface area contributed by atoms with Gasteiger partial charge in [-0.05, 0) is 31.0 Å². The molecule has 1 aliphatic carbocycles. The molecule has 0 radical (unpaired) electrons. The minimum Gasteiger partial charge on any atom is -0.492 e. The summed E-state index contributed by atoms with van der Waals surface area (Å²) in [4.78, 5) is 14.7. The summed E-state index contributed by atoms with van der Waals surface area (Å²) in [5, 5.41) is 15.0. The first-order valence-electron chi connectivity index (χ1n) is 6.64. The van der Waals surface area contributed by atoms with Crippen LogP contribution in [0.5, 0.6) is 5.75 Å². The molecule has 0 saturated heterocycles. The number of hydrogen-bond donors (Lipinski definition) is 1. The van der Waals surface area contributed by atoms with Crippen LogP contribution in [0.1, 0.15) is 12.8 Å². The van der Waals surface area contributed by atoms with Gasteiger partial charge in [0.25, 0.3) is 5.69 Å². The van der Waals surface area contributed by atoms with Gasteiger partial charge in [0, 0.05) is 30.2 Å². The first kappa shape index (κ1) is 12.8. The number of nitro benzene ring substituents is 1. The Morgan fingerprint density at radius 1 is 1.40 bits per heavy atom. The molecule has 0 spiro atoms. The van der Waals surface area contributed by atoms with Crippen molar-refractivity contribution >= 4 is 16.6 Å². The van der Waals surface area contributed by atoms with Gasteiger partial charge < -0.3 is 10.1 Å². The Balaban J connectivity index is 1.79. The molecule has 1 fully saturated rings. The molecular formula is C14H15N3O3. The Labute approximate surface area is 115 Å². The summed E-state index contributed by atoms with van der Waals surface area (Å²) in [5.41, 5.74) is 0.370. The van der Waals surface area contributed by atoms with Crippen LogP contribution in [-0.4, -0.2) is 29.1 Å². The summed E-state index contributed by atoms with van der Waals surface area (Å²) in [5.74, 6) is 0.635. The smallest absolute Gasteiger partial charge is 0.295 e. The summed E-state index contributed by atoms with van der Waals surface area (Å²) >= 11 is 0. The molecule has 0 aliphatic heterocycles. The topological polar surface area (TPSA) is 77.3 Å². The number of nitrogens with zero attached hydrogens (tertiary/aromatic N) is 2. The zero-order valence-electron chi connectivity index (χ0n) is 10.9. The van der Waals surface area contributed by atoms with Crippen LogP contribution in [0.2, 0.25) is 0 Å². The summed E-state index contributed by atoms with van der Waals surface area (Å²) in [6, 6.07) is 7.27. The molecule has 0 amide bonds. The SMILES string of the molecule is O=[N+]([O-])c1ccc(OCCNC2CC2)c2cccnc12. The van der Waals surface area contributed by atoms with E-state index in [0.717, 1.165) is 6.54 Å². The number of hydrogen-bond acceptors (Lipinski definition) is 5. The number of benzene rings is 1. The fourth-order valence-electron chi connectivity index (χ4n) is 2.12. The highest BCUT2D eigenvalue weighted by molar-refractivity contribution is 5.91. The Hall–Kier alpha value is -2.21. The fourth-order valence-corrected chi connectivity index (χ4v) is 2.12. The maximum absolute atomic E-state index is 11.0. The van der Waals surface area contributed by atoms with Crippen LogP contribution in [0.15, 0.2) is 30.5 Å². The molecule has 6 heteroatoms. The van der Waals surface area contributed by atoms with Crippen LogP contribution in [0, 0.1) is 10.1 Å². The molecule has 0 atom stereocenters. The zero-order chi connectivity index (χ0) is 13.9. The van der Waals surface area contributed by atoms with Crippen LogP contribution in [0.25, 0.3) is 10.9 Å². The second kappa shape index (κ2) is 5.42. The first-order valence-corrected chi connectivity index (χ1v) is 6.64. The quantitative estimate of drug-likeness (QED) is 0.496. The highest BCUT2D eigenvalue weighted by atomic mass is 16.6. The minimum atomic E-state index is -0.423. The fraction of sp³-hybridized carbons (Fsp3) is 0.357. The highest BCUT2D eigenvalue weighted by Crippen LogP contribution is 2.31.